The Kier molecular flexibility index (Phi) is 5.21. The number of anilines is 1. The van der Waals surface area contributed by atoms with Crippen LogP contribution in [0.2, 0.25) is 0 Å². The van der Waals surface area contributed by atoms with E-state index in [1.807, 2.05) is 0 Å². The molecule has 0 aliphatic carbocycles. The van der Waals surface area contributed by atoms with E-state index in [0.29, 0.717) is 6.04 Å². The van der Waals surface area contributed by atoms with Crippen molar-refractivity contribution in [2.75, 3.05) is 25.0 Å². The van der Waals surface area contributed by atoms with Crippen LogP contribution < -0.4 is 10.6 Å². The van der Waals surface area contributed by atoms with Crippen molar-refractivity contribution in [1.29, 1.82) is 0 Å². The van der Waals surface area contributed by atoms with Crippen LogP contribution in [0.15, 0.2) is 59.4 Å². The van der Waals surface area contributed by atoms with Crippen molar-refractivity contribution < 1.29 is 0 Å². The summed E-state index contributed by atoms with van der Waals surface area (Å²) in [5, 5.41) is 7.03. The van der Waals surface area contributed by atoms with E-state index in [1.54, 1.807) is 0 Å². The van der Waals surface area contributed by atoms with E-state index in [2.05, 4.69) is 71.2 Å². The van der Waals surface area contributed by atoms with Crippen LogP contribution in [-0.4, -0.2) is 36.4 Å². The Morgan fingerprint density at radius 3 is 2.88 bits per heavy atom. The lowest BCUT2D eigenvalue weighted by Gasteiger charge is -2.30. The van der Waals surface area contributed by atoms with Crippen molar-refractivity contribution in [3.63, 3.8) is 0 Å². The van der Waals surface area contributed by atoms with Crippen molar-refractivity contribution in [2.45, 2.75) is 38.6 Å². The van der Waals surface area contributed by atoms with E-state index < -0.39 is 0 Å². The summed E-state index contributed by atoms with van der Waals surface area (Å²) in [6.07, 6.45) is 13.0. The van der Waals surface area contributed by atoms with Crippen molar-refractivity contribution in [2.24, 2.45) is 4.99 Å². The molecule has 0 bridgehead atoms. The van der Waals surface area contributed by atoms with Gasteiger partial charge in [0.1, 0.15) is 5.84 Å². The predicted molar refractivity (Wildman–Crippen MR) is 110 cm³/mol. The van der Waals surface area contributed by atoms with Gasteiger partial charge in [0.05, 0.1) is 6.54 Å². The predicted octanol–water partition coefficient (Wildman–Crippen LogP) is 4.16. The monoisotopic (exact) mass is 348 g/mol. The molecule has 0 saturated carbocycles. The average molecular weight is 348 g/mol. The standard InChI is InChI=1S/C22H28N4/c1-2-3-6-21-20(16-26-14-5-4-7-22(26)25-21)17-8-10-18(11-9-17)24-19-12-13-23-15-19/h4-5,7-11,14,19,23-24H,2-3,6,12-13,15-16H2,1H3/t19-/m1/s1. The molecule has 0 radical (unpaired) electrons. The molecule has 1 aromatic carbocycles. The van der Waals surface area contributed by atoms with Crippen LogP contribution in [0.4, 0.5) is 5.69 Å². The molecule has 1 fully saturated rings. The van der Waals surface area contributed by atoms with E-state index in [4.69, 9.17) is 4.99 Å². The third kappa shape index (κ3) is 3.75. The van der Waals surface area contributed by atoms with E-state index in [-0.39, 0.29) is 0 Å². The molecule has 3 heterocycles. The molecule has 2 N–H and O–H groups in total. The SMILES string of the molecule is CCCCC1=C(c2ccc(N[C@@H]3CCNC3)cc2)CN2C=CC=CC2=N1. The van der Waals surface area contributed by atoms with Crippen molar-refractivity contribution in [3.05, 3.63) is 60.0 Å². The fourth-order valence-electron chi connectivity index (χ4n) is 3.76. The smallest absolute Gasteiger partial charge is 0.133 e. The number of allylic oxidation sites excluding steroid dienone is 3. The summed E-state index contributed by atoms with van der Waals surface area (Å²) in [6.45, 7) is 5.31. The van der Waals surface area contributed by atoms with Crippen LogP contribution in [0.25, 0.3) is 5.57 Å². The Bertz CT molecular complexity index is 749. The van der Waals surface area contributed by atoms with Crippen molar-refractivity contribution in [3.8, 4) is 0 Å². The van der Waals surface area contributed by atoms with Crippen LogP contribution in [0.3, 0.4) is 0 Å². The van der Waals surface area contributed by atoms with E-state index in [9.17, 15) is 0 Å². The summed E-state index contributed by atoms with van der Waals surface area (Å²) in [5.41, 5.74) is 5.10. The van der Waals surface area contributed by atoms with Crippen LogP contribution in [-0.2, 0) is 0 Å². The highest BCUT2D eigenvalue weighted by Crippen LogP contribution is 2.30. The number of nitrogens with one attached hydrogen (secondary N) is 2. The minimum Gasteiger partial charge on any atom is -0.381 e. The third-order valence-corrected chi connectivity index (χ3v) is 5.27. The Labute approximate surface area is 156 Å². The average Bonchev–Trinajstić information content (AvgIpc) is 3.19. The first kappa shape index (κ1) is 17.1. The highest BCUT2D eigenvalue weighted by molar-refractivity contribution is 5.99. The number of nitrogens with zero attached hydrogens (tertiary/aromatic N) is 2. The minimum absolute atomic E-state index is 0.548. The summed E-state index contributed by atoms with van der Waals surface area (Å²) in [5.74, 6) is 1.06. The molecular formula is C22H28N4. The van der Waals surface area contributed by atoms with Gasteiger partial charge >= 0.3 is 0 Å². The van der Waals surface area contributed by atoms with Gasteiger partial charge in [0, 0.05) is 35.7 Å². The number of hydrogen-bond donors (Lipinski definition) is 2. The number of amidine groups is 1. The Balaban J connectivity index is 1.57. The third-order valence-electron chi connectivity index (χ3n) is 5.27. The van der Waals surface area contributed by atoms with Crippen LogP contribution >= 0.6 is 0 Å². The molecule has 1 aromatic rings. The molecule has 0 amide bonds. The first-order valence-corrected chi connectivity index (χ1v) is 9.83. The Morgan fingerprint density at radius 1 is 1.23 bits per heavy atom. The van der Waals surface area contributed by atoms with Gasteiger partial charge in [0.25, 0.3) is 0 Å². The lowest BCUT2D eigenvalue weighted by Crippen LogP contribution is -2.31. The maximum Gasteiger partial charge on any atom is 0.133 e. The number of hydrogen-bond acceptors (Lipinski definition) is 4. The van der Waals surface area contributed by atoms with Crippen LogP contribution in [0.5, 0.6) is 0 Å². The normalized spacial score (nSPS) is 21.8. The second kappa shape index (κ2) is 7.92. The molecule has 3 aliphatic rings. The van der Waals surface area contributed by atoms with E-state index >= 15 is 0 Å². The van der Waals surface area contributed by atoms with Gasteiger partial charge in [-0.15, -0.1) is 0 Å². The summed E-state index contributed by atoms with van der Waals surface area (Å²) in [7, 11) is 0. The second-order valence-electron chi connectivity index (χ2n) is 7.24. The zero-order valence-corrected chi connectivity index (χ0v) is 15.5. The molecule has 0 spiro atoms. The fourth-order valence-corrected chi connectivity index (χ4v) is 3.76. The van der Waals surface area contributed by atoms with Gasteiger partial charge in [0.15, 0.2) is 0 Å². The van der Waals surface area contributed by atoms with Gasteiger partial charge in [-0.2, -0.15) is 0 Å². The van der Waals surface area contributed by atoms with E-state index in [1.165, 1.54) is 41.8 Å². The van der Waals surface area contributed by atoms with Crippen molar-refractivity contribution in [1.82, 2.24) is 10.2 Å². The molecule has 26 heavy (non-hydrogen) atoms. The maximum absolute atomic E-state index is 4.96. The first-order valence-electron chi connectivity index (χ1n) is 9.83. The highest BCUT2D eigenvalue weighted by Gasteiger charge is 2.21. The second-order valence-corrected chi connectivity index (χ2v) is 7.24. The molecule has 4 rings (SSSR count). The van der Waals surface area contributed by atoms with E-state index in [0.717, 1.165) is 31.9 Å². The summed E-state index contributed by atoms with van der Waals surface area (Å²) < 4.78 is 0. The lowest BCUT2D eigenvalue weighted by atomic mass is 9.98. The molecular weight excluding hydrogens is 320 g/mol. The number of benzene rings is 1. The molecule has 1 saturated heterocycles. The topological polar surface area (TPSA) is 39.7 Å². The van der Waals surface area contributed by atoms with Gasteiger partial charge in [-0.25, -0.2) is 4.99 Å². The largest absolute Gasteiger partial charge is 0.381 e. The van der Waals surface area contributed by atoms with Crippen LogP contribution in [0.1, 0.15) is 38.2 Å². The molecule has 3 aliphatic heterocycles. The van der Waals surface area contributed by atoms with Crippen LogP contribution in [0, 0.1) is 0 Å². The highest BCUT2D eigenvalue weighted by atomic mass is 15.2. The Hall–Kier alpha value is -2.33. The molecule has 0 unspecified atom stereocenters. The van der Waals surface area contributed by atoms with Gasteiger partial charge in [-0.1, -0.05) is 31.6 Å². The number of rotatable bonds is 6. The molecule has 0 aromatic heterocycles. The molecule has 136 valence electrons. The zero-order chi connectivity index (χ0) is 17.8. The summed E-state index contributed by atoms with van der Waals surface area (Å²) >= 11 is 0. The fraction of sp³-hybridized carbons (Fsp3) is 0.409. The van der Waals surface area contributed by atoms with Gasteiger partial charge < -0.3 is 15.5 Å². The van der Waals surface area contributed by atoms with Gasteiger partial charge in [-0.05, 0) is 55.7 Å². The number of unbranched alkanes of at least 4 members (excludes halogenated alkanes) is 1. The number of aliphatic imine (C=N–C) groups is 1. The summed E-state index contributed by atoms with van der Waals surface area (Å²) in [4.78, 5) is 7.20. The van der Waals surface area contributed by atoms with Gasteiger partial charge in [-0.3, -0.25) is 0 Å². The zero-order valence-electron chi connectivity index (χ0n) is 15.5. The number of fused-ring (bicyclic) bond motifs is 1. The summed E-state index contributed by atoms with van der Waals surface area (Å²) in [6, 6.07) is 9.46. The van der Waals surface area contributed by atoms with Crippen molar-refractivity contribution >= 4 is 17.1 Å². The van der Waals surface area contributed by atoms with Gasteiger partial charge in [0.2, 0.25) is 0 Å². The molecule has 4 heteroatoms. The first-order chi connectivity index (χ1) is 12.8. The molecule has 4 nitrogen and oxygen atoms in total. The molecule has 1 atom stereocenters. The Morgan fingerprint density at radius 2 is 2.12 bits per heavy atom. The minimum atomic E-state index is 0.548. The maximum atomic E-state index is 4.96. The quantitative estimate of drug-likeness (QED) is 0.811. The lowest BCUT2D eigenvalue weighted by molar-refractivity contribution is 0.612.